The second-order valence-corrected chi connectivity index (χ2v) is 5.02. The van der Waals surface area contributed by atoms with Crippen LogP contribution in [0.3, 0.4) is 0 Å². The van der Waals surface area contributed by atoms with Crippen LogP contribution in [0.2, 0.25) is 0 Å². The highest BCUT2D eigenvalue weighted by atomic mass is 16.1. The van der Waals surface area contributed by atoms with Gasteiger partial charge in [-0.1, -0.05) is 18.2 Å². The number of nitrogens with zero attached hydrogens (tertiary/aromatic N) is 1. The van der Waals surface area contributed by atoms with Crippen LogP contribution in [0, 0.1) is 13.8 Å². The summed E-state index contributed by atoms with van der Waals surface area (Å²) in [6.45, 7) is 4.03. The van der Waals surface area contributed by atoms with Crippen molar-refractivity contribution in [3.63, 3.8) is 0 Å². The molecule has 2 aromatic rings. The first-order chi connectivity index (χ1) is 9.00. The smallest absolute Gasteiger partial charge is 0.193 e. The number of hydrogen-bond donors (Lipinski definition) is 0. The third-order valence-electron chi connectivity index (χ3n) is 3.50. The molecule has 0 atom stereocenters. The molecule has 0 aliphatic carbocycles. The van der Waals surface area contributed by atoms with Gasteiger partial charge in [0.05, 0.1) is 0 Å². The maximum atomic E-state index is 12.5. The molecule has 19 heavy (non-hydrogen) atoms. The first kappa shape index (κ1) is 13.3. The lowest BCUT2D eigenvalue weighted by atomic mass is 9.96. The minimum Gasteiger partial charge on any atom is -0.378 e. The number of rotatable bonds is 3. The highest BCUT2D eigenvalue weighted by molar-refractivity contribution is 6.10. The number of carbonyl (C=O) groups is 1. The molecule has 2 heteroatoms. The van der Waals surface area contributed by atoms with Crippen LogP contribution in [0.5, 0.6) is 0 Å². The van der Waals surface area contributed by atoms with Crippen LogP contribution in [0.15, 0.2) is 42.5 Å². The van der Waals surface area contributed by atoms with Crippen molar-refractivity contribution in [1.29, 1.82) is 0 Å². The quantitative estimate of drug-likeness (QED) is 0.779. The average Bonchev–Trinajstić information content (AvgIpc) is 2.41. The largest absolute Gasteiger partial charge is 0.378 e. The van der Waals surface area contributed by atoms with E-state index < -0.39 is 0 Å². The van der Waals surface area contributed by atoms with E-state index >= 15 is 0 Å². The fraction of sp³-hybridized carbons (Fsp3) is 0.235. The zero-order chi connectivity index (χ0) is 14.0. The summed E-state index contributed by atoms with van der Waals surface area (Å²) in [5.41, 5.74) is 4.83. The molecule has 0 saturated heterocycles. The molecule has 0 saturated carbocycles. The average molecular weight is 253 g/mol. The second-order valence-electron chi connectivity index (χ2n) is 5.02. The Morgan fingerprint density at radius 3 is 2.16 bits per heavy atom. The molecular weight excluding hydrogens is 234 g/mol. The Hall–Kier alpha value is -2.09. The molecule has 0 radical (unpaired) electrons. The molecule has 0 aliphatic rings. The van der Waals surface area contributed by atoms with Gasteiger partial charge >= 0.3 is 0 Å². The van der Waals surface area contributed by atoms with Crippen LogP contribution in [-0.2, 0) is 0 Å². The van der Waals surface area contributed by atoms with Gasteiger partial charge in [-0.3, -0.25) is 4.79 Å². The predicted molar refractivity (Wildman–Crippen MR) is 80.1 cm³/mol. The Morgan fingerprint density at radius 2 is 1.58 bits per heavy atom. The van der Waals surface area contributed by atoms with Crippen molar-refractivity contribution in [1.82, 2.24) is 0 Å². The zero-order valence-corrected chi connectivity index (χ0v) is 11.9. The van der Waals surface area contributed by atoms with Gasteiger partial charge in [0.15, 0.2) is 5.78 Å². The summed E-state index contributed by atoms with van der Waals surface area (Å²) in [5.74, 6) is 0.0894. The lowest BCUT2D eigenvalue weighted by Crippen LogP contribution is -2.09. The Balaban J connectivity index is 2.36. The third kappa shape index (κ3) is 2.68. The zero-order valence-electron chi connectivity index (χ0n) is 11.9. The van der Waals surface area contributed by atoms with Gasteiger partial charge in [0.2, 0.25) is 0 Å². The van der Waals surface area contributed by atoms with Gasteiger partial charge in [-0.15, -0.1) is 0 Å². The van der Waals surface area contributed by atoms with E-state index in [1.54, 1.807) is 0 Å². The highest BCUT2D eigenvalue weighted by Crippen LogP contribution is 2.19. The van der Waals surface area contributed by atoms with Crippen molar-refractivity contribution in [3.05, 3.63) is 64.7 Å². The van der Waals surface area contributed by atoms with Gasteiger partial charge in [-0.25, -0.2) is 0 Å². The summed E-state index contributed by atoms with van der Waals surface area (Å²) in [5, 5.41) is 0. The minimum atomic E-state index is 0.0894. The van der Waals surface area contributed by atoms with Crippen LogP contribution in [0.4, 0.5) is 5.69 Å². The lowest BCUT2D eigenvalue weighted by Gasteiger charge is -2.13. The third-order valence-corrected chi connectivity index (χ3v) is 3.50. The molecule has 0 fully saturated rings. The van der Waals surface area contributed by atoms with E-state index in [2.05, 4.69) is 0 Å². The second kappa shape index (κ2) is 5.27. The SMILES string of the molecule is Cc1cccc(C(=O)c2ccc(N(C)C)cc2)c1C. The molecule has 2 rings (SSSR count). The van der Waals surface area contributed by atoms with E-state index in [1.165, 1.54) is 0 Å². The maximum Gasteiger partial charge on any atom is 0.193 e. The number of anilines is 1. The molecule has 0 bridgehead atoms. The maximum absolute atomic E-state index is 12.5. The van der Waals surface area contributed by atoms with E-state index in [0.29, 0.717) is 0 Å². The summed E-state index contributed by atoms with van der Waals surface area (Å²) in [4.78, 5) is 14.5. The van der Waals surface area contributed by atoms with Crippen LogP contribution < -0.4 is 4.90 Å². The van der Waals surface area contributed by atoms with E-state index in [9.17, 15) is 4.79 Å². The van der Waals surface area contributed by atoms with Gasteiger partial charge in [0.25, 0.3) is 0 Å². The first-order valence-electron chi connectivity index (χ1n) is 6.39. The van der Waals surface area contributed by atoms with E-state index in [1.807, 2.05) is 75.3 Å². The van der Waals surface area contributed by atoms with Gasteiger partial charge in [0.1, 0.15) is 0 Å². The van der Waals surface area contributed by atoms with Crippen molar-refractivity contribution in [2.45, 2.75) is 13.8 Å². The van der Waals surface area contributed by atoms with Crippen molar-refractivity contribution >= 4 is 11.5 Å². The fourth-order valence-corrected chi connectivity index (χ4v) is 2.06. The molecule has 0 aliphatic heterocycles. The topological polar surface area (TPSA) is 20.3 Å². The number of hydrogen-bond acceptors (Lipinski definition) is 2. The highest BCUT2D eigenvalue weighted by Gasteiger charge is 2.12. The van der Waals surface area contributed by atoms with Crippen molar-refractivity contribution in [3.8, 4) is 0 Å². The molecular formula is C17H19NO. The van der Waals surface area contributed by atoms with Crippen molar-refractivity contribution in [2.24, 2.45) is 0 Å². The van der Waals surface area contributed by atoms with Crippen LogP contribution in [-0.4, -0.2) is 19.9 Å². The Bertz CT molecular complexity index is 597. The van der Waals surface area contributed by atoms with Crippen molar-refractivity contribution < 1.29 is 4.79 Å². The monoisotopic (exact) mass is 253 g/mol. The van der Waals surface area contributed by atoms with Crippen LogP contribution in [0.1, 0.15) is 27.0 Å². The number of ketones is 1. The molecule has 0 amide bonds. The standard InChI is InChI=1S/C17H19NO/c1-12-6-5-7-16(13(12)2)17(19)14-8-10-15(11-9-14)18(3)4/h5-11H,1-4H3. The molecule has 0 N–H and O–H groups in total. The van der Waals surface area contributed by atoms with E-state index in [4.69, 9.17) is 0 Å². The molecule has 2 aromatic carbocycles. The van der Waals surface area contributed by atoms with Crippen LogP contribution in [0.25, 0.3) is 0 Å². The summed E-state index contributed by atoms with van der Waals surface area (Å²) in [6, 6.07) is 13.6. The predicted octanol–water partition coefficient (Wildman–Crippen LogP) is 3.60. The normalized spacial score (nSPS) is 10.3. The number of benzene rings is 2. The molecule has 0 aromatic heterocycles. The molecule has 98 valence electrons. The van der Waals surface area contributed by atoms with Gasteiger partial charge in [0, 0.05) is 30.9 Å². The summed E-state index contributed by atoms with van der Waals surface area (Å²) < 4.78 is 0. The fourth-order valence-electron chi connectivity index (χ4n) is 2.06. The van der Waals surface area contributed by atoms with E-state index in [-0.39, 0.29) is 5.78 Å². The minimum absolute atomic E-state index is 0.0894. The van der Waals surface area contributed by atoms with Gasteiger partial charge < -0.3 is 4.90 Å². The van der Waals surface area contributed by atoms with Crippen LogP contribution >= 0.6 is 0 Å². The summed E-state index contributed by atoms with van der Waals surface area (Å²) in [6.07, 6.45) is 0. The molecule has 0 heterocycles. The van der Waals surface area contributed by atoms with Gasteiger partial charge in [-0.2, -0.15) is 0 Å². The molecule has 0 unspecified atom stereocenters. The summed E-state index contributed by atoms with van der Waals surface area (Å²) >= 11 is 0. The Kier molecular flexibility index (Phi) is 3.70. The summed E-state index contributed by atoms with van der Waals surface area (Å²) in [7, 11) is 3.98. The first-order valence-corrected chi connectivity index (χ1v) is 6.39. The number of carbonyl (C=O) groups excluding carboxylic acids is 1. The van der Waals surface area contributed by atoms with Crippen molar-refractivity contribution in [2.75, 3.05) is 19.0 Å². The van der Waals surface area contributed by atoms with E-state index in [0.717, 1.165) is 27.9 Å². The number of aryl methyl sites for hydroxylation is 1. The molecule has 2 nitrogen and oxygen atoms in total. The van der Waals surface area contributed by atoms with Gasteiger partial charge in [-0.05, 0) is 49.2 Å². The Labute approximate surface area is 114 Å². The molecule has 0 spiro atoms. The Morgan fingerprint density at radius 1 is 0.947 bits per heavy atom. The lowest BCUT2D eigenvalue weighted by molar-refractivity contribution is 0.103.